The Labute approximate surface area is 87.2 Å². The number of esters is 1. The lowest BCUT2D eigenvalue weighted by molar-refractivity contribution is -0.141. The Morgan fingerprint density at radius 2 is 2.00 bits per heavy atom. The fourth-order valence-corrected chi connectivity index (χ4v) is 1.82. The molecule has 0 aliphatic heterocycles. The van der Waals surface area contributed by atoms with Crippen molar-refractivity contribution in [3.8, 4) is 0 Å². The Kier molecular flexibility index (Phi) is 4.95. The monoisotopic (exact) mass is 282 g/mol. The lowest BCUT2D eigenvalue weighted by Crippen LogP contribution is -2.17. The predicted octanol–water partition coefficient (Wildman–Crippen LogP) is 2.54. The van der Waals surface area contributed by atoms with Gasteiger partial charge in [-0.05, 0) is 18.8 Å². The first-order valence-corrected chi connectivity index (χ1v) is 6.07. The largest absolute Gasteiger partial charge is 0.465 e. The lowest BCUT2D eigenvalue weighted by Gasteiger charge is -2.20. The van der Waals surface area contributed by atoms with Gasteiger partial charge in [-0.2, -0.15) is 0 Å². The highest BCUT2D eigenvalue weighted by atomic mass is 127. The van der Waals surface area contributed by atoms with Crippen LogP contribution < -0.4 is 0 Å². The van der Waals surface area contributed by atoms with Gasteiger partial charge in [0.15, 0.2) is 0 Å². The van der Waals surface area contributed by atoms with Crippen LogP contribution in [0, 0.1) is 5.92 Å². The van der Waals surface area contributed by atoms with Gasteiger partial charge >= 0.3 is 5.97 Å². The standard InChI is InChI=1S/C9H15IO2/c10-6-9(11)12-7-8-4-2-1-3-5-8/h8H,1-7H2. The molecule has 0 amide bonds. The molecule has 70 valence electrons. The SMILES string of the molecule is O=C(CI)OCC1CCCCC1. The summed E-state index contributed by atoms with van der Waals surface area (Å²) in [6.07, 6.45) is 6.47. The van der Waals surface area contributed by atoms with Gasteiger partial charge in [-0.1, -0.05) is 41.9 Å². The maximum Gasteiger partial charge on any atom is 0.315 e. The second-order valence-electron chi connectivity index (χ2n) is 3.32. The molecule has 1 aliphatic rings. The summed E-state index contributed by atoms with van der Waals surface area (Å²) in [4.78, 5) is 10.8. The van der Waals surface area contributed by atoms with Crippen molar-refractivity contribution < 1.29 is 9.53 Å². The maximum absolute atomic E-state index is 10.8. The van der Waals surface area contributed by atoms with E-state index in [9.17, 15) is 4.79 Å². The van der Waals surface area contributed by atoms with Crippen molar-refractivity contribution in [3.05, 3.63) is 0 Å². The summed E-state index contributed by atoms with van der Waals surface area (Å²) in [5, 5.41) is 0. The topological polar surface area (TPSA) is 26.3 Å². The molecule has 0 bridgehead atoms. The zero-order valence-corrected chi connectivity index (χ0v) is 9.38. The van der Waals surface area contributed by atoms with Crippen molar-refractivity contribution in [1.82, 2.24) is 0 Å². The van der Waals surface area contributed by atoms with Crippen molar-refractivity contribution >= 4 is 28.6 Å². The minimum absolute atomic E-state index is 0.0684. The Balaban J connectivity index is 2.09. The molecular weight excluding hydrogens is 267 g/mol. The van der Waals surface area contributed by atoms with Crippen LogP contribution in [0.5, 0.6) is 0 Å². The summed E-state index contributed by atoms with van der Waals surface area (Å²) in [6, 6.07) is 0. The number of rotatable bonds is 3. The molecule has 1 aliphatic carbocycles. The van der Waals surface area contributed by atoms with E-state index in [1.54, 1.807) is 0 Å². The minimum Gasteiger partial charge on any atom is -0.465 e. The molecule has 0 heterocycles. The van der Waals surface area contributed by atoms with Crippen LogP contribution in [0.3, 0.4) is 0 Å². The van der Waals surface area contributed by atoms with Crippen LogP contribution >= 0.6 is 22.6 Å². The van der Waals surface area contributed by atoms with E-state index in [2.05, 4.69) is 0 Å². The Morgan fingerprint density at radius 1 is 1.33 bits per heavy atom. The van der Waals surface area contributed by atoms with Gasteiger partial charge < -0.3 is 4.74 Å². The van der Waals surface area contributed by atoms with Gasteiger partial charge in [0.1, 0.15) is 0 Å². The first-order chi connectivity index (χ1) is 5.83. The Morgan fingerprint density at radius 3 is 2.58 bits per heavy atom. The summed E-state index contributed by atoms with van der Waals surface area (Å²) < 4.78 is 5.56. The maximum atomic E-state index is 10.8. The molecule has 0 saturated heterocycles. The number of ether oxygens (including phenoxy) is 1. The fourth-order valence-electron chi connectivity index (χ4n) is 1.60. The van der Waals surface area contributed by atoms with E-state index in [1.807, 2.05) is 22.6 Å². The molecule has 3 heteroatoms. The number of hydrogen-bond acceptors (Lipinski definition) is 2. The number of alkyl halides is 1. The van der Waals surface area contributed by atoms with Gasteiger partial charge in [-0.25, -0.2) is 0 Å². The molecule has 0 aromatic heterocycles. The Hall–Kier alpha value is 0.200. The average molecular weight is 282 g/mol. The van der Waals surface area contributed by atoms with Crippen LogP contribution in [-0.2, 0) is 9.53 Å². The molecule has 0 spiro atoms. The van der Waals surface area contributed by atoms with Crippen LogP contribution in [0.4, 0.5) is 0 Å². The number of carbonyl (C=O) groups excluding carboxylic acids is 1. The van der Waals surface area contributed by atoms with Crippen molar-refractivity contribution in [3.63, 3.8) is 0 Å². The summed E-state index contributed by atoms with van der Waals surface area (Å²) in [7, 11) is 0. The van der Waals surface area contributed by atoms with E-state index in [4.69, 9.17) is 4.74 Å². The van der Waals surface area contributed by atoms with Crippen molar-refractivity contribution in [2.45, 2.75) is 32.1 Å². The molecule has 0 aromatic rings. The van der Waals surface area contributed by atoms with E-state index in [0.29, 0.717) is 17.0 Å². The summed E-state index contributed by atoms with van der Waals surface area (Å²) in [5.74, 6) is 0.576. The zero-order valence-electron chi connectivity index (χ0n) is 7.22. The third kappa shape index (κ3) is 3.74. The molecule has 1 saturated carbocycles. The van der Waals surface area contributed by atoms with Crippen molar-refractivity contribution in [1.29, 1.82) is 0 Å². The molecule has 0 radical (unpaired) electrons. The quantitative estimate of drug-likeness (QED) is 0.452. The summed E-state index contributed by atoms with van der Waals surface area (Å²) in [6.45, 7) is 0.655. The fraction of sp³-hybridized carbons (Fsp3) is 0.889. The van der Waals surface area contributed by atoms with Crippen molar-refractivity contribution in [2.75, 3.05) is 11.0 Å². The molecular formula is C9H15IO2. The third-order valence-electron chi connectivity index (χ3n) is 2.31. The first-order valence-electron chi connectivity index (χ1n) is 4.54. The van der Waals surface area contributed by atoms with Gasteiger partial charge in [0.2, 0.25) is 0 Å². The van der Waals surface area contributed by atoms with Crippen LogP contribution in [0.2, 0.25) is 0 Å². The lowest BCUT2D eigenvalue weighted by atomic mass is 9.90. The normalized spacial score (nSPS) is 19.1. The highest BCUT2D eigenvalue weighted by molar-refractivity contribution is 14.1. The first kappa shape index (κ1) is 10.3. The highest BCUT2D eigenvalue weighted by Crippen LogP contribution is 2.23. The van der Waals surface area contributed by atoms with E-state index in [0.717, 1.165) is 0 Å². The van der Waals surface area contributed by atoms with E-state index in [1.165, 1.54) is 32.1 Å². The third-order valence-corrected chi connectivity index (χ3v) is 2.94. The number of halogens is 1. The zero-order chi connectivity index (χ0) is 8.81. The molecule has 0 unspecified atom stereocenters. The molecule has 12 heavy (non-hydrogen) atoms. The minimum atomic E-state index is -0.0684. The molecule has 1 rings (SSSR count). The molecule has 0 N–H and O–H groups in total. The Bertz CT molecular complexity index is 141. The van der Waals surface area contributed by atoms with E-state index in [-0.39, 0.29) is 5.97 Å². The van der Waals surface area contributed by atoms with Crippen LogP contribution in [-0.4, -0.2) is 17.0 Å². The smallest absolute Gasteiger partial charge is 0.315 e. The second kappa shape index (κ2) is 5.78. The number of carbonyl (C=O) groups is 1. The molecule has 0 aromatic carbocycles. The van der Waals surface area contributed by atoms with Gasteiger partial charge in [0, 0.05) is 0 Å². The van der Waals surface area contributed by atoms with Crippen LogP contribution in [0.25, 0.3) is 0 Å². The van der Waals surface area contributed by atoms with Gasteiger partial charge in [-0.15, -0.1) is 0 Å². The predicted molar refractivity (Wildman–Crippen MR) is 56.4 cm³/mol. The molecule has 0 atom stereocenters. The van der Waals surface area contributed by atoms with E-state index >= 15 is 0 Å². The second-order valence-corrected chi connectivity index (χ2v) is 4.08. The molecule has 1 fully saturated rings. The van der Waals surface area contributed by atoms with Crippen molar-refractivity contribution in [2.24, 2.45) is 5.92 Å². The number of hydrogen-bond donors (Lipinski definition) is 0. The summed E-state index contributed by atoms with van der Waals surface area (Å²) >= 11 is 2.03. The van der Waals surface area contributed by atoms with E-state index < -0.39 is 0 Å². The average Bonchev–Trinajstić information content (AvgIpc) is 2.16. The van der Waals surface area contributed by atoms with Crippen LogP contribution in [0.15, 0.2) is 0 Å². The summed E-state index contributed by atoms with van der Waals surface area (Å²) in [5.41, 5.74) is 0. The van der Waals surface area contributed by atoms with Crippen LogP contribution in [0.1, 0.15) is 32.1 Å². The molecule has 2 nitrogen and oxygen atoms in total. The van der Waals surface area contributed by atoms with Gasteiger partial charge in [-0.3, -0.25) is 4.79 Å². The highest BCUT2D eigenvalue weighted by Gasteiger charge is 2.14. The van der Waals surface area contributed by atoms with Gasteiger partial charge in [0.25, 0.3) is 0 Å². The van der Waals surface area contributed by atoms with Gasteiger partial charge in [0.05, 0.1) is 11.0 Å².